The van der Waals surface area contributed by atoms with Crippen molar-refractivity contribution in [3.8, 4) is 0 Å². The average Bonchev–Trinajstić information content (AvgIpc) is 2.24. The van der Waals surface area contributed by atoms with Gasteiger partial charge in [-0.05, 0) is 12.8 Å². The van der Waals surface area contributed by atoms with Crippen molar-refractivity contribution in [2.45, 2.75) is 25.7 Å². The van der Waals surface area contributed by atoms with Gasteiger partial charge in [-0.15, -0.1) is 0 Å². The maximum atomic E-state index is 10.2. The second kappa shape index (κ2) is 4.74. The minimum absolute atomic E-state index is 0.454. The molecule has 1 saturated carbocycles. The zero-order valence-electron chi connectivity index (χ0n) is 4.89. The van der Waals surface area contributed by atoms with E-state index < -0.39 is 0 Å². The van der Waals surface area contributed by atoms with E-state index in [9.17, 15) is 4.79 Å². The first-order chi connectivity index (χ1) is 3.89. The van der Waals surface area contributed by atoms with Crippen molar-refractivity contribution in [2.24, 2.45) is 11.7 Å². The molecule has 1 aliphatic rings. The second-order valence-corrected chi connectivity index (χ2v) is 1.75. The van der Waals surface area contributed by atoms with Gasteiger partial charge in [0.1, 0.15) is 5.78 Å². The smallest absolute Gasteiger partial charge is 0.132 e. The number of hydrogen-bond acceptors (Lipinski definition) is 3. The molecule has 4 N–H and O–H groups in total. The maximum absolute atomic E-state index is 10.2. The molecule has 0 aromatic heterocycles. The molecule has 3 nitrogen and oxygen atoms in total. The number of carbonyl (C=O) groups excluding carboxylic acids is 1. The van der Waals surface area contributed by atoms with Gasteiger partial charge in [0.25, 0.3) is 0 Å². The Morgan fingerprint density at radius 1 is 1.12 bits per heavy atom. The van der Waals surface area contributed by atoms with E-state index in [-0.39, 0.29) is 0 Å². The molecule has 0 aromatic rings. The van der Waals surface area contributed by atoms with Gasteiger partial charge in [-0.25, -0.2) is 0 Å². The van der Waals surface area contributed by atoms with Gasteiger partial charge in [-0.1, -0.05) is 0 Å². The van der Waals surface area contributed by atoms with Gasteiger partial charge in [-0.3, -0.25) is 16.5 Å². The highest BCUT2D eigenvalue weighted by Gasteiger charge is 2.07. The summed E-state index contributed by atoms with van der Waals surface area (Å²) in [5.74, 6) is 8.45. The summed E-state index contributed by atoms with van der Waals surface area (Å²) in [6, 6.07) is 0. The Morgan fingerprint density at radius 3 is 1.62 bits per heavy atom. The zero-order chi connectivity index (χ0) is 6.41. The summed E-state index contributed by atoms with van der Waals surface area (Å²) in [5.41, 5.74) is 0. The van der Waals surface area contributed by atoms with E-state index in [2.05, 4.69) is 11.7 Å². The highest BCUT2D eigenvalue weighted by atomic mass is 16.1. The number of nitrogens with two attached hydrogens (primary N) is 2. The molecule has 1 rings (SSSR count). The van der Waals surface area contributed by atoms with Crippen LogP contribution in [0.4, 0.5) is 0 Å². The van der Waals surface area contributed by atoms with Crippen molar-refractivity contribution in [2.75, 3.05) is 0 Å². The summed E-state index contributed by atoms with van der Waals surface area (Å²) in [7, 11) is 0. The van der Waals surface area contributed by atoms with E-state index in [0.29, 0.717) is 5.78 Å². The minimum Gasteiger partial charge on any atom is -0.300 e. The Kier molecular flexibility index (Phi) is 4.50. The van der Waals surface area contributed by atoms with Crippen molar-refractivity contribution in [3.05, 3.63) is 0 Å². The van der Waals surface area contributed by atoms with Crippen LogP contribution in [0, 0.1) is 0 Å². The van der Waals surface area contributed by atoms with Gasteiger partial charge in [0.2, 0.25) is 0 Å². The fraction of sp³-hybridized carbons (Fsp3) is 0.800. The Labute approximate surface area is 49.0 Å². The summed E-state index contributed by atoms with van der Waals surface area (Å²) < 4.78 is 0. The number of ketones is 1. The van der Waals surface area contributed by atoms with Crippen LogP contribution in [0.3, 0.4) is 0 Å². The molecule has 0 aliphatic heterocycles. The van der Waals surface area contributed by atoms with Crippen LogP contribution in [0.25, 0.3) is 0 Å². The Balaban J connectivity index is 0.000000222. The van der Waals surface area contributed by atoms with Crippen LogP contribution in [-0.2, 0) is 4.79 Å². The summed E-state index contributed by atoms with van der Waals surface area (Å²) in [6.45, 7) is 0. The van der Waals surface area contributed by atoms with Gasteiger partial charge < -0.3 is 0 Å². The van der Waals surface area contributed by atoms with Gasteiger partial charge in [-0.2, -0.15) is 0 Å². The summed E-state index contributed by atoms with van der Waals surface area (Å²) in [5, 5.41) is 0. The lowest BCUT2D eigenvalue weighted by Gasteiger charge is -1.71. The summed E-state index contributed by atoms with van der Waals surface area (Å²) in [6.07, 6.45) is 3.97. The quantitative estimate of drug-likeness (QED) is 0.344. The standard InChI is InChI=1S/C5H8O.H4N2/c6-5-3-1-2-4-5;1-2/h1-4H2;1-2H2. The number of hydrogen-bond donors (Lipinski definition) is 2. The highest BCUT2D eigenvalue weighted by molar-refractivity contribution is 5.79. The van der Waals surface area contributed by atoms with E-state index in [1.54, 1.807) is 0 Å². The van der Waals surface area contributed by atoms with Crippen LogP contribution >= 0.6 is 0 Å². The number of Topliss-reactive ketones (excluding diaryl/α,β-unsaturated/α-hetero) is 1. The molecule has 48 valence electrons. The molecule has 0 spiro atoms. The van der Waals surface area contributed by atoms with Crippen LogP contribution in [0.15, 0.2) is 0 Å². The molecule has 8 heavy (non-hydrogen) atoms. The fourth-order valence-corrected chi connectivity index (χ4v) is 0.769. The predicted molar refractivity (Wildman–Crippen MR) is 31.8 cm³/mol. The first-order valence-corrected chi connectivity index (χ1v) is 2.74. The molecular formula is C5H12N2O. The zero-order valence-corrected chi connectivity index (χ0v) is 4.89. The second-order valence-electron chi connectivity index (χ2n) is 1.75. The normalized spacial score (nSPS) is 17.5. The minimum atomic E-state index is 0.454. The lowest BCUT2D eigenvalue weighted by Crippen LogP contribution is -2.02. The van der Waals surface area contributed by atoms with E-state index in [0.717, 1.165) is 25.7 Å². The molecule has 0 radical (unpaired) electrons. The van der Waals surface area contributed by atoms with Crippen LogP contribution in [0.5, 0.6) is 0 Å². The lowest BCUT2D eigenvalue weighted by atomic mass is 10.4. The molecule has 0 saturated heterocycles. The van der Waals surface area contributed by atoms with E-state index in [1.165, 1.54) is 0 Å². The first-order valence-electron chi connectivity index (χ1n) is 2.74. The van der Waals surface area contributed by atoms with E-state index in [1.807, 2.05) is 0 Å². The molecule has 3 heteroatoms. The third-order valence-corrected chi connectivity index (χ3v) is 1.16. The first kappa shape index (κ1) is 7.59. The molecule has 0 bridgehead atoms. The SMILES string of the molecule is NN.O=C1CCCC1. The molecule has 0 aromatic carbocycles. The molecular weight excluding hydrogens is 104 g/mol. The number of hydrazine groups is 1. The Bertz CT molecular complexity index is 64.8. The van der Waals surface area contributed by atoms with E-state index >= 15 is 0 Å². The van der Waals surface area contributed by atoms with E-state index in [4.69, 9.17) is 0 Å². The van der Waals surface area contributed by atoms with Crippen molar-refractivity contribution >= 4 is 5.78 Å². The van der Waals surface area contributed by atoms with Crippen LogP contribution in [-0.4, -0.2) is 5.78 Å². The molecule has 1 fully saturated rings. The Morgan fingerprint density at radius 2 is 1.50 bits per heavy atom. The summed E-state index contributed by atoms with van der Waals surface area (Å²) >= 11 is 0. The average molecular weight is 116 g/mol. The highest BCUT2D eigenvalue weighted by Crippen LogP contribution is 2.11. The van der Waals surface area contributed by atoms with Gasteiger partial charge in [0.05, 0.1) is 0 Å². The van der Waals surface area contributed by atoms with Gasteiger partial charge in [0.15, 0.2) is 0 Å². The fourth-order valence-electron chi connectivity index (χ4n) is 0.769. The van der Waals surface area contributed by atoms with Crippen LogP contribution in [0.1, 0.15) is 25.7 Å². The molecule has 0 atom stereocenters. The summed E-state index contributed by atoms with van der Waals surface area (Å²) in [4.78, 5) is 10.2. The monoisotopic (exact) mass is 116 g/mol. The van der Waals surface area contributed by atoms with Crippen LogP contribution in [0.2, 0.25) is 0 Å². The predicted octanol–water partition coefficient (Wildman–Crippen LogP) is -0.0517. The van der Waals surface area contributed by atoms with Crippen molar-refractivity contribution < 1.29 is 4.79 Å². The van der Waals surface area contributed by atoms with Crippen molar-refractivity contribution in [1.29, 1.82) is 0 Å². The Hall–Kier alpha value is -0.410. The number of carbonyl (C=O) groups is 1. The third-order valence-electron chi connectivity index (χ3n) is 1.16. The topological polar surface area (TPSA) is 69.1 Å². The maximum Gasteiger partial charge on any atom is 0.132 e. The van der Waals surface area contributed by atoms with Crippen LogP contribution < -0.4 is 11.7 Å². The largest absolute Gasteiger partial charge is 0.300 e. The van der Waals surface area contributed by atoms with Gasteiger partial charge in [0, 0.05) is 12.8 Å². The number of rotatable bonds is 0. The third kappa shape index (κ3) is 2.71. The molecule has 1 aliphatic carbocycles. The lowest BCUT2D eigenvalue weighted by molar-refractivity contribution is -0.117. The molecule has 0 amide bonds. The molecule has 0 heterocycles. The van der Waals surface area contributed by atoms with Gasteiger partial charge >= 0.3 is 0 Å². The molecule has 0 unspecified atom stereocenters. The van der Waals surface area contributed by atoms with Crippen molar-refractivity contribution in [3.63, 3.8) is 0 Å². The van der Waals surface area contributed by atoms with Crippen molar-refractivity contribution in [1.82, 2.24) is 0 Å².